The molecule has 1 saturated heterocycles. The third-order valence-electron chi connectivity index (χ3n) is 4.03. The minimum absolute atomic E-state index is 0.305. The summed E-state index contributed by atoms with van der Waals surface area (Å²) in [5.41, 5.74) is 1.27. The third-order valence-corrected chi connectivity index (χ3v) is 4.03. The quantitative estimate of drug-likeness (QED) is 0.599. The highest BCUT2D eigenvalue weighted by Gasteiger charge is 2.21. The molecule has 2 heterocycles. The van der Waals surface area contributed by atoms with E-state index in [4.69, 9.17) is 0 Å². The van der Waals surface area contributed by atoms with E-state index in [0.29, 0.717) is 19.0 Å². The van der Waals surface area contributed by atoms with E-state index in [0.717, 1.165) is 32.5 Å². The lowest BCUT2D eigenvalue weighted by Crippen LogP contribution is -2.43. The molecule has 0 aromatic carbocycles. The number of piperidine rings is 1. The van der Waals surface area contributed by atoms with E-state index in [1.54, 1.807) is 6.08 Å². The standard InChI is InChI=1S/C17H24N4O2/c1-2-7-19-16(22)17(23)20-12-14-5-10-21(11-6-14)13-15-3-8-18-9-4-15/h2-4,8-9,14H,1,5-7,10-13H2,(H,19,22)(H,20,23). The van der Waals surface area contributed by atoms with E-state index in [-0.39, 0.29) is 0 Å². The minimum atomic E-state index is -0.597. The molecule has 0 saturated carbocycles. The molecule has 0 spiro atoms. The number of aromatic nitrogens is 1. The zero-order valence-corrected chi connectivity index (χ0v) is 13.3. The molecule has 23 heavy (non-hydrogen) atoms. The van der Waals surface area contributed by atoms with E-state index in [1.165, 1.54) is 5.56 Å². The maximum atomic E-state index is 11.6. The maximum absolute atomic E-state index is 11.6. The zero-order valence-electron chi connectivity index (χ0n) is 13.3. The van der Waals surface area contributed by atoms with E-state index in [1.807, 2.05) is 24.5 Å². The van der Waals surface area contributed by atoms with Crippen LogP contribution in [0.25, 0.3) is 0 Å². The number of nitrogens with zero attached hydrogens (tertiary/aromatic N) is 2. The van der Waals surface area contributed by atoms with Crippen molar-refractivity contribution in [3.8, 4) is 0 Å². The highest BCUT2D eigenvalue weighted by molar-refractivity contribution is 6.35. The van der Waals surface area contributed by atoms with Gasteiger partial charge in [-0.05, 0) is 49.5 Å². The van der Waals surface area contributed by atoms with Crippen molar-refractivity contribution in [1.29, 1.82) is 0 Å². The van der Waals surface area contributed by atoms with Gasteiger partial charge in [-0.3, -0.25) is 19.5 Å². The van der Waals surface area contributed by atoms with Crippen LogP contribution >= 0.6 is 0 Å². The van der Waals surface area contributed by atoms with Gasteiger partial charge < -0.3 is 10.6 Å². The Labute approximate surface area is 137 Å². The Balaban J connectivity index is 1.65. The molecule has 1 aliphatic heterocycles. The Hall–Kier alpha value is -2.21. The van der Waals surface area contributed by atoms with E-state index < -0.39 is 11.8 Å². The average molecular weight is 316 g/mol. The normalized spacial score (nSPS) is 15.8. The lowest BCUT2D eigenvalue weighted by atomic mass is 9.96. The summed E-state index contributed by atoms with van der Waals surface area (Å²) >= 11 is 0. The Morgan fingerprint density at radius 1 is 1.22 bits per heavy atom. The van der Waals surface area contributed by atoms with Crippen molar-refractivity contribution in [2.45, 2.75) is 19.4 Å². The average Bonchev–Trinajstić information content (AvgIpc) is 2.59. The molecule has 0 bridgehead atoms. The van der Waals surface area contributed by atoms with Gasteiger partial charge in [0.2, 0.25) is 0 Å². The molecule has 0 aliphatic carbocycles. The summed E-state index contributed by atoms with van der Waals surface area (Å²) < 4.78 is 0. The first-order valence-electron chi connectivity index (χ1n) is 7.97. The van der Waals surface area contributed by atoms with Crippen molar-refractivity contribution in [2.75, 3.05) is 26.2 Å². The lowest BCUT2D eigenvalue weighted by Gasteiger charge is -2.31. The van der Waals surface area contributed by atoms with Crippen molar-refractivity contribution in [2.24, 2.45) is 5.92 Å². The van der Waals surface area contributed by atoms with Gasteiger partial charge in [0.05, 0.1) is 0 Å². The van der Waals surface area contributed by atoms with Crippen molar-refractivity contribution < 1.29 is 9.59 Å². The molecule has 0 atom stereocenters. The second-order valence-electron chi connectivity index (χ2n) is 5.78. The molecule has 1 aromatic heterocycles. The van der Waals surface area contributed by atoms with Crippen molar-refractivity contribution in [3.63, 3.8) is 0 Å². The number of nitrogens with one attached hydrogen (secondary N) is 2. The Bertz CT molecular complexity index is 525. The van der Waals surface area contributed by atoms with Crippen LogP contribution < -0.4 is 10.6 Å². The first-order valence-corrected chi connectivity index (χ1v) is 7.97. The Morgan fingerprint density at radius 2 is 1.87 bits per heavy atom. The fourth-order valence-electron chi connectivity index (χ4n) is 2.66. The van der Waals surface area contributed by atoms with Crippen LogP contribution in [0.5, 0.6) is 0 Å². The molecule has 6 nitrogen and oxygen atoms in total. The molecule has 124 valence electrons. The molecule has 2 amide bonds. The third kappa shape index (κ3) is 5.83. The van der Waals surface area contributed by atoms with E-state index in [2.05, 4.69) is 27.1 Å². The molecule has 0 unspecified atom stereocenters. The second-order valence-corrected chi connectivity index (χ2v) is 5.78. The largest absolute Gasteiger partial charge is 0.348 e. The number of hydrogen-bond acceptors (Lipinski definition) is 4. The number of pyridine rings is 1. The second kappa shape index (κ2) is 9.05. The van der Waals surface area contributed by atoms with Gasteiger partial charge in [0.15, 0.2) is 0 Å². The number of amides is 2. The molecule has 2 N–H and O–H groups in total. The molecule has 6 heteroatoms. The van der Waals surface area contributed by atoms with Gasteiger partial charge in [0, 0.05) is 32.0 Å². The van der Waals surface area contributed by atoms with Crippen LogP contribution in [0.15, 0.2) is 37.2 Å². The first kappa shape index (κ1) is 17.1. The zero-order chi connectivity index (χ0) is 16.5. The van der Waals surface area contributed by atoms with Crippen LogP contribution in [0.4, 0.5) is 0 Å². The molecular weight excluding hydrogens is 292 g/mol. The molecule has 1 aromatic rings. The SMILES string of the molecule is C=CCNC(=O)C(=O)NCC1CCN(Cc2ccncc2)CC1. The van der Waals surface area contributed by atoms with Crippen LogP contribution in [0, 0.1) is 5.92 Å². The molecule has 1 aliphatic rings. The predicted octanol–water partition coefficient (Wildman–Crippen LogP) is 0.712. The van der Waals surface area contributed by atoms with Crippen molar-refractivity contribution >= 4 is 11.8 Å². The smallest absolute Gasteiger partial charge is 0.309 e. The minimum Gasteiger partial charge on any atom is -0.348 e. The van der Waals surface area contributed by atoms with Crippen LogP contribution in [-0.4, -0.2) is 47.9 Å². The van der Waals surface area contributed by atoms with Gasteiger partial charge >= 0.3 is 11.8 Å². The van der Waals surface area contributed by atoms with Gasteiger partial charge in [-0.1, -0.05) is 6.08 Å². The molecule has 1 fully saturated rings. The summed E-state index contributed by atoms with van der Waals surface area (Å²) in [7, 11) is 0. The fourth-order valence-corrected chi connectivity index (χ4v) is 2.66. The predicted molar refractivity (Wildman–Crippen MR) is 88.5 cm³/mol. The number of hydrogen-bond donors (Lipinski definition) is 2. The first-order chi connectivity index (χ1) is 11.2. The van der Waals surface area contributed by atoms with Gasteiger partial charge in [0.25, 0.3) is 0 Å². The Morgan fingerprint density at radius 3 is 2.52 bits per heavy atom. The number of rotatable bonds is 6. The van der Waals surface area contributed by atoms with Gasteiger partial charge in [-0.15, -0.1) is 6.58 Å². The highest BCUT2D eigenvalue weighted by atomic mass is 16.2. The van der Waals surface area contributed by atoms with Gasteiger partial charge in [0.1, 0.15) is 0 Å². The van der Waals surface area contributed by atoms with E-state index in [9.17, 15) is 9.59 Å². The molecular formula is C17H24N4O2. The summed E-state index contributed by atoms with van der Waals surface area (Å²) in [4.78, 5) is 29.5. The topological polar surface area (TPSA) is 74.3 Å². The van der Waals surface area contributed by atoms with Crippen LogP contribution in [0.1, 0.15) is 18.4 Å². The van der Waals surface area contributed by atoms with E-state index >= 15 is 0 Å². The van der Waals surface area contributed by atoms with Gasteiger partial charge in [-0.25, -0.2) is 0 Å². The summed E-state index contributed by atoms with van der Waals surface area (Å²) in [5.74, 6) is -0.731. The molecule has 2 rings (SSSR count). The van der Waals surface area contributed by atoms with Crippen LogP contribution in [0.2, 0.25) is 0 Å². The fraction of sp³-hybridized carbons (Fsp3) is 0.471. The summed E-state index contributed by atoms with van der Waals surface area (Å²) in [6.07, 6.45) is 7.23. The van der Waals surface area contributed by atoms with Crippen LogP contribution in [0.3, 0.4) is 0 Å². The van der Waals surface area contributed by atoms with Crippen LogP contribution in [-0.2, 0) is 16.1 Å². The monoisotopic (exact) mass is 316 g/mol. The highest BCUT2D eigenvalue weighted by Crippen LogP contribution is 2.18. The number of carbonyl (C=O) groups is 2. The summed E-state index contributed by atoms with van der Waals surface area (Å²) in [6.45, 7) is 7.31. The summed E-state index contributed by atoms with van der Waals surface area (Å²) in [6, 6.07) is 4.07. The maximum Gasteiger partial charge on any atom is 0.309 e. The number of carbonyl (C=O) groups excluding carboxylic acids is 2. The van der Waals surface area contributed by atoms with Gasteiger partial charge in [-0.2, -0.15) is 0 Å². The number of likely N-dealkylation sites (tertiary alicyclic amines) is 1. The summed E-state index contributed by atoms with van der Waals surface area (Å²) in [5, 5.41) is 5.19. The lowest BCUT2D eigenvalue weighted by molar-refractivity contribution is -0.139. The van der Waals surface area contributed by atoms with Crippen molar-refractivity contribution in [1.82, 2.24) is 20.5 Å². The molecule has 0 radical (unpaired) electrons. The van der Waals surface area contributed by atoms with Crippen molar-refractivity contribution in [3.05, 3.63) is 42.7 Å². The Kier molecular flexibility index (Phi) is 6.75.